The van der Waals surface area contributed by atoms with E-state index in [2.05, 4.69) is 11.8 Å². The summed E-state index contributed by atoms with van der Waals surface area (Å²) >= 11 is 0. The third kappa shape index (κ3) is 2.96. The van der Waals surface area contributed by atoms with Crippen LogP contribution >= 0.6 is 0 Å². The molecule has 0 aromatic rings. The molecule has 2 aliphatic rings. The molecule has 2 fully saturated rings. The van der Waals surface area contributed by atoms with Gasteiger partial charge in [0.05, 0.1) is 6.61 Å². The molecule has 0 radical (unpaired) electrons. The Kier molecular flexibility index (Phi) is 4.62. The maximum atomic E-state index is 6.18. The molecule has 2 rings (SSSR count). The molecule has 2 heterocycles. The van der Waals surface area contributed by atoms with Crippen LogP contribution in [0.2, 0.25) is 0 Å². The van der Waals surface area contributed by atoms with Crippen molar-refractivity contribution in [2.45, 2.75) is 51.1 Å². The highest BCUT2D eigenvalue weighted by Crippen LogP contribution is 2.24. The maximum Gasteiger partial charge on any atom is 0.0636 e. The molecule has 2 aliphatic heterocycles. The van der Waals surface area contributed by atoms with Gasteiger partial charge in [-0.05, 0) is 38.3 Å². The number of hydrogen-bond donors (Lipinski definition) is 1. The van der Waals surface area contributed by atoms with Crippen molar-refractivity contribution >= 4 is 0 Å². The maximum absolute atomic E-state index is 6.18. The SMILES string of the molecule is CCCC1CCN(C2COCCC2N)CC1. The molecule has 0 aromatic carbocycles. The van der Waals surface area contributed by atoms with Gasteiger partial charge in [-0.2, -0.15) is 0 Å². The molecule has 2 N–H and O–H groups in total. The Morgan fingerprint density at radius 1 is 1.25 bits per heavy atom. The van der Waals surface area contributed by atoms with Crippen LogP contribution in [-0.4, -0.2) is 43.3 Å². The molecule has 0 aromatic heterocycles. The van der Waals surface area contributed by atoms with E-state index in [1.54, 1.807) is 0 Å². The minimum Gasteiger partial charge on any atom is -0.380 e. The van der Waals surface area contributed by atoms with E-state index in [1.807, 2.05) is 0 Å². The van der Waals surface area contributed by atoms with Crippen LogP contribution in [0.5, 0.6) is 0 Å². The van der Waals surface area contributed by atoms with E-state index in [9.17, 15) is 0 Å². The van der Waals surface area contributed by atoms with E-state index in [0.717, 1.165) is 25.6 Å². The second kappa shape index (κ2) is 5.99. The summed E-state index contributed by atoms with van der Waals surface area (Å²) < 4.78 is 5.56. The van der Waals surface area contributed by atoms with Gasteiger partial charge in [0, 0.05) is 18.7 Å². The standard InChI is InChI=1S/C13H26N2O/c1-2-3-11-4-7-15(8-5-11)13-10-16-9-6-12(13)14/h11-13H,2-10,14H2,1H3. The quantitative estimate of drug-likeness (QED) is 0.794. The Balaban J connectivity index is 1.79. The van der Waals surface area contributed by atoms with E-state index in [-0.39, 0.29) is 0 Å². The van der Waals surface area contributed by atoms with Gasteiger partial charge in [-0.25, -0.2) is 0 Å². The summed E-state index contributed by atoms with van der Waals surface area (Å²) in [5.74, 6) is 0.960. The molecule has 3 heteroatoms. The molecule has 0 amide bonds. The van der Waals surface area contributed by atoms with Crippen LogP contribution in [0.1, 0.15) is 39.0 Å². The first kappa shape index (κ1) is 12.3. The minimum atomic E-state index is 0.330. The van der Waals surface area contributed by atoms with Crippen LogP contribution in [0.3, 0.4) is 0 Å². The van der Waals surface area contributed by atoms with Gasteiger partial charge in [-0.15, -0.1) is 0 Å². The minimum absolute atomic E-state index is 0.330. The van der Waals surface area contributed by atoms with Gasteiger partial charge < -0.3 is 10.5 Å². The Labute approximate surface area is 99.3 Å². The topological polar surface area (TPSA) is 38.5 Å². The van der Waals surface area contributed by atoms with Crippen molar-refractivity contribution in [2.75, 3.05) is 26.3 Å². The van der Waals surface area contributed by atoms with Gasteiger partial charge in [-0.3, -0.25) is 4.90 Å². The second-order valence-electron chi connectivity index (χ2n) is 5.36. The zero-order valence-electron chi connectivity index (χ0n) is 10.5. The number of piperidine rings is 1. The zero-order valence-corrected chi connectivity index (χ0v) is 10.5. The molecule has 0 aliphatic carbocycles. The summed E-state index contributed by atoms with van der Waals surface area (Å²) in [6.07, 6.45) is 6.48. The van der Waals surface area contributed by atoms with Crippen LogP contribution in [0, 0.1) is 5.92 Å². The number of ether oxygens (including phenoxy) is 1. The molecule has 0 saturated carbocycles. The largest absolute Gasteiger partial charge is 0.380 e. The van der Waals surface area contributed by atoms with Crippen molar-refractivity contribution in [3.8, 4) is 0 Å². The van der Waals surface area contributed by atoms with E-state index < -0.39 is 0 Å². The van der Waals surface area contributed by atoms with Crippen molar-refractivity contribution in [3.05, 3.63) is 0 Å². The Bertz CT molecular complexity index is 202. The molecule has 16 heavy (non-hydrogen) atoms. The number of likely N-dealkylation sites (tertiary alicyclic amines) is 1. The third-order valence-electron chi connectivity index (χ3n) is 4.19. The van der Waals surface area contributed by atoms with Gasteiger partial charge in [0.15, 0.2) is 0 Å². The fourth-order valence-corrected chi connectivity index (χ4v) is 3.10. The molecule has 3 nitrogen and oxygen atoms in total. The molecule has 2 unspecified atom stereocenters. The van der Waals surface area contributed by atoms with Gasteiger partial charge in [-0.1, -0.05) is 19.8 Å². The number of nitrogens with zero attached hydrogens (tertiary/aromatic N) is 1. The first-order chi connectivity index (χ1) is 7.81. The van der Waals surface area contributed by atoms with Crippen molar-refractivity contribution in [2.24, 2.45) is 11.7 Å². The smallest absolute Gasteiger partial charge is 0.0636 e. The lowest BCUT2D eigenvalue weighted by Crippen LogP contribution is -2.55. The summed E-state index contributed by atoms with van der Waals surface area (Å²) in [6, 6.07) is 0.813. The van der Waals surface area contributed by atoms with Crippen LogP contribution in [0.4, 0.5) is 0 Å². The normalized spacial score (nSPS) is 34.1. The summed E-state index contributed by atoms with van der Waals surface area (Å²) in [5.41, 5.74) is 6.18. The Morgan fingerprint density at radius 3 is 2.62 bits per heavy atom. The van der Waals surface area contributed by atoms with Crippen molar-refractivity contribution in [1.82, 2.24) is 4.90 Å². The van der Waals surface area contributed by atoms with Gasteiger partial charge >= 0.3 is 0 Å². The number of hydrogen-bond acceptors (Lipinski definition) is 3. The van der Waals surface area contributed by atoms with E-state index in [0.29, 0.717) is 12.1 Å². The van der Waals surface area contributed by atoms with Crippen LogP contribution in [0.25, 0.3) is 0 Å². The highest BCUT2D eigenvalue weighted by atomic mass is 16.5. The zero-order chi connectivity index (χ0) is 11.4. The third-order valence-corrected chi connectivity index (χ3v) is 4.19. The monoisotopic (exact) mass is 226 g/mol. The fourth-order valence-electron chi connectivity index (χ4n) is 3.10. The lowest BCUT2D eigenvalue weighted by molar-refractivity contribution is -0.00684. The average molecular weight is 226 g/mol. The molecule has 0 bridgehead atoms. The first-order valence-corrected chi connectivity index (χ1v) is 6.88. The van der Waals surface area contributed by atoms with Crippen LogP contribution < -0.4 is 5.73 Å². The van der Waals surface area contributed by atoms with Gasteiger partial charge in [0.1, 0.15) is 0 Å². The highest BCUT2D eigenvalue weighted by molar-refractivity contribution is 4.87. The summed E-state index contributed by atoms with van der Waals surface area (Å²) in [7, 11) is 0. The number of nitrogens with two attached hydrogens (primary N) is 1. The average Bonchev–Trinajstić information content (AvgIpc) is 2.31. The van der Waals surface area contributed by atoms with Crippen molar-refractivity contribution in [1.29, 1.82) is 0 Å². The Hall–Kier alpha value is -0.120. The van der Waals surface area contributed by atoms with Gasteiger partial charge in [0.2, 0.25) is 0 Å². The fraction of sp³-hybridized carbons (Fsp3) is 1.00. The molecule has 2 atom stereocenters. The first-order valence-electron chi connectivity index (χ1n) is 6.88. The number of rotatable bonds is 3. The molecule has 2 saturated heterocycles. The van der Waals surface area contributed by atoms with Crippen LogP contribution in [0.15, 0.2) is 0 Å². The summed E-state index contributed by atoms with van der Waals surface area (Å²) in [4.78, 5) is 2.57. The van der Waals surface area contributed by atoms with E-state index in [4.69, 9.17) is 10.5 Å². The molecular formula is C13H26N2O. The lowest BCUT2D eigenvalue weighted by Gasteiger charge is -2.41. The molecule has 94 valence electrons. The molecule has 0 spiro atoms. The summed E-state index contributed by atoms with van der Waals surface area (Å²) in [6.45, 7) is 6.44. The summed E-state index contributed by atoms with van der Waals surface area (Å²) in [5, 5.41) is 0. The highest BCUT2D eigenvalue weighted by Gasteiger charge is 2.30. The van der Waals surface area contributed by atoms with Crippen LogP contribution in [-0.2, 0) is 4.74 Å². The predicted molar refractivity (Wildman–Crippen MR) is 66.4 cm³/mol. The van der Waals surface area contributed by atoms with Crippen molar-refractivity contribution < 1.29 is 4.74 Å². The lowest BCUT2D eigenvalue weighted by atomic mass is 9.90. The Morgan fingerprint density at radius 2 is 2.00 bits per heavy atom. The van der Waals surface area contributed by atoms with E-state index >= 15 is 0 Å². The van der Waals surface area contributed by atoms with E-state index in [1.165, 1.54) is 38.8 Å². The van der Waals surface area contributed by atoms with Gasteiger partial charge in [0.25, 0.3) is 0 Å². The predicted octanol–water partition coefficient (Wildman–Crippen LogP) is 1.61. The van der Waals surface area contributed by atoms with Crippen molar-refractivity contribution in [3.63, 3.8) is 0 Å². The second-order valence-corrected chi connectivity index (χ2v) is 5.36. The molecular weight excluding hydrogens is 200 g/mol.